The minimum absolute atomic E-state index is 0.00617. The molecular weight excluding hydrogens is 664 g/mol. The number of piperidine rings is 1. The summed E-state index contributed by atoms with van der Waals surface area (Å²) >= 11 is 0. The molecular formula is C36H56N12O4. The van der Waals surface area contributed by atoms with E-state index in [0.717, 1.165) is 80.3 Å². The van der Waals surface area contributed by atoms with Crippen LogP contribution in [0.4, 0.5) is 11.8 Å². The van der Waals surface area contributed by atoms with E-state index in [1.807, 2.05) is 40.0 Å². The number of aryl methyl sites for hydroxylation is 1. The molecule has 1 aromatic carbocycles. The number of likely N-dealkylation sites (tertiary alicyclic amines) is 1. The van der Waals surface area contributed by atoms with E-state index >= 15 is 0 Å². The molecule has 1 aliphatic heterocycles. The number of hydrogen-bond acceptors (Lipinski definition) is 12. The summed E-state index contributed by atoms with van der Waals surface area (Å²) in [5.74, 6) is -0.240. The van der Waals surface area contributed by atoms with Gasteiger partial charge in [-0.3, -0.25) is 19.1 Å². The fraction of sp³-hybridized carbons (Fsp3) is 0.639. The lowest BCUT2D eigenvalue weighted by Crippen LogP contribution is -2.43. The second kappa shape index (κ2) is 20.6. The van der Waals surface area contributed by atoms with Gasteiger partial charge in [0.25, 0.3) is 0 Å². The molecule has 1 saturated carbocycles. The average molecular weight is 721 g/mol. The molecule has 2 fully saturated rings. The maximum atomic E-state index is 12.8. The van der Waals surface area contributed by atoms with Crippen molar-refractivity contribution in [1.29, 1.82) is 0 Å². The lowest BCUT2D eigenvalue weighted by Gasteiger charge is -2.33. The number of benzene rings is 1. The summed E-state index contributed by atoms with van der Waals surface area (Å²) in [4.78, 5) is 46.9. The molecule has 8 N–H and O–H groups in total. The normalized spacial score (nSPS) is 16.1. The van der Waals surface area contributed by atoms with Gasteiger partial charge >= 0.3 is 5.97 Å². The third-order valence-corrected chi connectivity index (χ3v) is 9.78. The Morgan fingerprint density at radius 2 is 1.71 bits per heavy atom. The Morgan fingerprint density at radius 1 is 0.923 bits per heavy atom. The summed E-state index contributed by atoms with van der Waals surface area (Å²) in [7, 11) is 0. The molecule has 16 heteroatoms. The number of amides is 2. The smallest absolute Gasteiger partial charge is 0.320 e. The van der Waals surface area contributed by atoms with Gasteiger partial charge in [-0.2, -0.15) is 4.98 Å². The van der Waals surface area contributed by atoms with Crippen LogP contribution in [0.3, 0.4) is 0 Å². The fourth-order valence-corrected chi connectivity index (χ4v) is 6.71. The van der Waals surface area contributed by atoms with Crippen LogP contribution in [-0.4, -0.2) is 110 Å². The van der Waals surface area contributed by atoms with Gasteiger partial charge < -0.3 is 42.3 Å². The summed E-state index contributed by atoms with van der Waals surface area (Å²) < 4.78 is 1.88. The molecule has 16 nitrogen and oxygen atoms in total. The quantitative estimate of drug-likeness (QED) is 0.0787. The average Bonchev–Trinajstić information content (AvgIpc) is 3.62. The molecule has 284 valence electrons. The maximum absolute atomic E-state index is 12.8. The minimum atomic E-state index is -1.14. The van der Waals surface area contributed by atoms with Gasteiger partial charge in [0.1, 0.15) is 17.6 Å². The Bertz CT molecular complexity index is 1570. The van der Waals surface area contributed by atoms with E-state index in [9.17, 15) is 14.4 Å². The first-order valence-corrected chi connectivity index (χ1v) is 19.0. The van der Waals surface area contributed by atoms with E-state index in [1.54, 1.807) is 0 Å². The molecule has 1 saturated heterocycles. The van der Waals surface area contributed by atoms with Gasteiger partial charge in [0.05, 0.1) is 18.3 Å². The molecule has 0 bridgehead atoms. The van der Waals surface area contributed by atoms with Gasteiger partial charge in [-0.15, -0.1) is 5.10 Å². The highest BCUT2D eigenvalue weighted by molar-refractivity contribution is 5.90. The van der Waals surface area contributed by atoms with Crippen LogP contribution in [0.25, 0.3) is 10.9 Å². The monoisotopic (exact) mass is 720 g/mol. The summed E-state index contributed by atoms with van der Waals surface area (Å²) in [5.41, 5.74) is 7.08. The SMILES string of the molecule is N[C@@H](CCC(=O)NCCC(=O)N1CCC(Nc2nc(NCc3cn(CCCNCCCNC4CCCCC4)nn3)nc3ccccc23)CC1)C(=O)O. The Labute approximate surface area is 305 Å². The van der Waals surface area contributed by atoms with Gasteiger partial charge in [-0.25, -0.2) is 4.98 Å². The van der Waals surface area contributed by atoms with Crippen molar-refractivity contribution in [3.8, 4) is 0 Å². The topological polar surface area (TPSA) is 217 Å². The standard InChI is InChI=1S/C36H56N12O4/c37-30(35(51)52)12-13-32(49)40-20-14-33(50)47-22-15-27(16-23-47)42-34-29-10-4-5-11-31(29)43-36(44-34)41-24-28-25-48(46-45-28)21-7-18-38-17-6-19-39-26-8-2-1-3-9-26/h4-5,10-11,25-27,30,38-39H,1-3,6-9,12-24,37H2,(H,40,49)(H,51,52)(H2,41,42,43,44)/t30-/m0/s1. The van der Waals surface area contributed by atoms with Crippen molar-refractivity contribution in [2.45, 2.75) is 108 Å². The van der Waals surface area contributed by atoms with E-state index in [-0.39, 0.29) is 43.7 Å². The number of aliphatic carboxylic acids is 1. The number of nitrogens with two attached hydrogens (primary N) is 1. The molecule has 0 spiro atoms. The number of hydrogen-bond donors (Lipinski definition) is 7. The van der Waals surface area contributed by atoms with Gasteiger partial charge in [0.2, 0.25) is 17.8 Å². The molecule has 2 amide bonds. The fourth-order valence-electron chi connectivity index (χ4n) is 6.71. The predicted octanol–water partition coefficient (Wildman–Crippen LogP) is 2.23. The molecule has 52 heavy (non-hydrogen) atoms. The highest BCUT2D eigenvalue weighted by atomic mass is 16.4. The van der Waals surface area contributed by atoms with Crippen LogP contribution in [0.2, 0.25) is 0 Å². The van der Waals surface area contributed by atoms with Crippen LogP contribution >= 0.6 is 0 Å². The Balaban J connectivity index is 1.00. The summed E-state index contributed by atoms with van der Waals surface area (Å²) in [6.45, 7) is 5.68. The molecule has 5 rings (SSSR count). The second-order valence-electron chi connectivity index (χ2n) is 13.9. The van der Waals surface area contributed by atoms with E-state index in [4.69, 9.17) is 20.8 Å². The van der Waals surface area contributed by atoms with Crippen LogP contribution in [0, 0.1) is 0 Å². The predicted molar refractivity (Wildman–Crippen MR) is 200 cm³/mol. The van der Waals surface area contributed by atoms with Crippen molar-refractivity contribution in [3.05, 3.63) is 36.2 Å². The number of carboxylic acids is 1. The number of nitrogens with one attached hydrogen (secondary N) is 5. The van der Waals surface area contributed by atoms with Gasteiger partial charge in [0, 0.05) is 56.5 Å². The lowest BCUT2D eigenvalue weighted by atomic mass is 9.95. The number of nitrogens with zero attached hydrogens (tertiary/aromatic N) is 6. The molecule has 0 radical (unpaired) electrons. The lowest BCUT2D eigenvalue weighted by molar-refractivity contribution is -0.138. The first-order valence-electron chi connectivity index (χ1n) is 19.0. The molecule has 3 heterocycles. The third kappa shape index (κ3) is 12.7. The zero-order valence-electron chi connectivity index (χ0n) is 30.2. The van der Waals surface area contributed by atoms with Crippen LogP contribution in [-0.2, 0) is 27.5 Å². The Hall–Kier alpha value is -4.41. The highest BCUT2D eigenvalue weighted by Crippen LogP contribution is 2.25. The number of para-hydroxylation sites is 1. The van der Waals surface area contributed by atoms with Crippen LogP contribution in [0.15, 0.2) is 30.5 Å². The van der Waals surface area contributed by atoms with Crippen molar-refractivity contribution in [1.82, 2.24) is 45.8 Å². The molecule has 2 aliphatic rings. The van der Waals surface area contributed by atoms with Crippen molar-refractivity contribution in [2.75, 3.05) is 49.9 Å². The van der Waals surface area contributed by atoms with E-state index in [1.165, 1.54) is 32.1 Å². The zero-order valence-corrected chi connectivity index (χ0v) is 30.2. The summed E-state index contributed by atoms with van der Waals surface area (Å²) in [6, 6.07) is 7.66. The first kappa shape index (κ1) is 38.8. The van der Waals surface area contributed by atoms with Crippen molar-refractivity contribution in [2.24, 2.45) is 5.73 Å². The van der Waals surface area contributed by atoms with E-state index in [0.29, 0.717) is 25.6 Å². The number of carbonyl (C=O) groups excluding carboxylic acids is 2. The number of carboxylic acid groups (broad SMARTS) is 1. The number of anilines is 2. The molecule has 0 unspecified atom stereocenters. The van der Waals surface area contributed by atoms with Crippen molar-refractivity contribution in [3.63, 3.8) is 0 Å². The number of aromatic nitrogens is 5. The Kier molecular flexibility index (Phi) is 15.4. The zero-order chi connectivity index (χ0) is 36.5. The summed E-state index contributed by atoms with van der Waals surface area (Å²) in [6.07, 6.45) is 12.6. The molecule has 1 aliphatic carbocycles. The molecule has 2 aromatic heterocycles. The minimum Gasteiger partial charge on any atom is -0.480 e. The highest BCUT2D eigenvalue weighted by Gasteiger charge is 2.24. The van der Waals surface area contributed by atoms with Crippen molar-refractivity contribution >= 4 is 40.5 Å². The Morgan fingerprint density at radius 3 is 2.52 bits per heavy atom. The van der Waals surface area contributed by atoms with Gasteiger partial charge in [-0.05, 0) is 76.7 Å². The number of rotatable bonds is 21. The maximum Gasteiger partial charge on any atom is 0.320 e. The first-order chi connectivity index (χ1) is 25.3. The summed E-state index contributed by atoms with van der Waals surface area (Å²) in [5, 5.41) is 35.2. The van der Waals surface area contributed by atoms with E-state index in [2.05, 4.69) is 36.9 Å². The van der Waals surface area contributed by atoms with Crippen LogP contribution < -0.4 is 32.3 Å². The second-order valence-corrected chi connectivity index (χ2v) is 13.9. The van der Waals surface area contributed by atoms with E-state index < -0.39 is 12.0 Å². The van der Waals surface area contributed by atoms with Crippen LogP contribution in [0.1, 0.15) is 82.7 Å². The number of fused-ring (bicyclic) bond motifs is 1. The van der Waals surface area contributed by atoms with Crippen LogP contribution in [0.5, 0.6) is 0 Å². The third-order valence-electron chi connectivity index (χ3n) is 9.78. The van der Waals surface area contributed by atoms with Crippen molar-refractivity contribution < 1.29 is 19.5 Å². The van der Waals surface area contributed by atoms with Gasteiger partial charge in [0.15, 0.2) is 0 Å². The number of carbonyl (C=O) groups is 3. The molecule has 1 atom stereocenters. The molecule has 3 aromatic rings. The van der Waals surface area contributed by atoms with Gasteiger partial charge in [-0.1, -0.05) is 36.6 Å². The largest absolute Gasteiger partial charge is 0.480 e.